The molecule has 2 atom stereocenters. The molecule has 0 spiro atoms. The van der Waals surface area contributed by atoms with E-state index in [1.165, 1.54) is 96.3 Å². The first-order chi connectivity index (χ1) is 27.3. The van der Waals surface area contributed by atoms with Crippen molar-refractivity contribution in [2.24, 2.45) is 0 Å². The molecule has 324 valence electrons. The van der Waals surface area contributed by atoms with Crippen molar-refractivity contribution >= 4 is 16.0 Å². The Labute approximate surface area is 346 Å². The zero-order valence-electron chi connectivity index (χ0n) is 36.2. The van der Waals surface area contributed by atoms with E-state index in [9.17, 15) is 22.9 Å². The Bertz CT molecular complexity index is 1150. The highest BCUT2D eigenvalue weighted by molar-refractivity contribution is 7.85. The third kappa shape index (κ3) is 42.9. The Morgan fingerprint density at radius 1 is 0.500 bits per heavy atom. The molecule has 0 aromatic heterocycles. The molecule has 0 bridgehead atoms. The number of hydrogen-bond donors (Lipinski definition) is 3. The Balaban J connectivity index is 3.90. The molecule has 0 radical (unpaired) electrons. The van der Waals surface area contributed by atoms with E-state index >= 15 is 0 Å². The third-order valence-corrected chi connectivity index (χ3v) is 11.0. The van der Waals surface area contributed by atoms with E-state index in [4.69, 9.17) is 0 Å². The summed E-state index contributed by atoms with van der Waals surface area (Å²) in [6, 6.07) is -0.989. The van der Waals surface area contributed by atoms with Gasteiger partial charge in [-0.2, -0.15) is 8.42 Å². The number of aliphatic hydroxyl groups excluding tert-OH is 1. The number of nitrogens with one attached hydrogen (secondary N) is 1. The Morgan fingerprint density at radius 3 is 1.27 bits per heavy atom. The van der Waals surface area contributed by atoms with Crippen molar-refractivity contribution in [2.75, 3.05) is 5.75 Å². The molecule has 0 saturated heterocycles. The van der Waals surface area contributed by atoms with E-state index in [1.54, 1.807) is 0 Å². The van der Waals surface area contributed by atoms with Crippen LogP contribution in [0.15, 0.2) is 72.9 Å². The van der Waals surface area contributed by atoms with E-state index in [-0.39, 0.29) is 12.3 Å². The summed E-state index contributed by atoms with van der Waals surface area (Å²) in [4.78, 5) is 12.6. The predicted octanol–water partition coefficient (Wildman–Crippen LogP) is 14.2. The maximum absolute atomic E-state index is 12.6. The number of rotatable bonds is 41. The lowest BCUT2D eigenvalue weighted by Gasteiger charge is -2.23. The molecule has 0 heterocycles. The summed E-state index contributed by atoms with van der Waals surface area (Å²) in [5.74, 6) is -0.933. The molecule has 3 N–H and O–H groups in total. The Kier molecular flexibility index (Phi) is 40.7. The van der Waals surface area contributed by atoms with Gasteiger partial charge in [0.2, 0.25) is 5.91 Å². The van der Waals surface area contributed by atoms with Crippen LogP contribution in [0.5, 0.6) is 0 Å². The number of hydrogen-bond acceptors (Lipinski definition) is 4. The van der Waals surface area contributed by atoms with Crippen LogP contribution in [0.3, 0.4) is 0 Å². The number of aliphatic hydroxyl groups is 1. The van der Waals surface area contributed by atoms with Gasteiger partial charge in [0.25, 0.3) is 10.1 Å². The molecule has 6 nitrogen and oxygen atoms in total. The highest BCUT2D eigenvalue weighted by Gasteiger charge is 2.26. The topological polar surface area (TPSA) is 104 Å². The van der Waals surface area contributed by atoms with Crippen molar-refractivity contribution in [3.8, 4) is 0 Å². The number of allylic oxidation sites excluding steroid dienone is 12. The summed E-state index contributed by atoms with van der Waals surface area (Å²) in [6.07, 6.45) is 59.9. The van der Waals surface area contributed by atoms with Crippen LogP contribution < -0.4 is 5.32 Å². The summed E-state index contributed by atoms with van der Waals surface area (Å²) in [7, 11) is -4.33. The first-order valence-electron chi connectivity index (χ1n) is 23.1. The molecule has 0 rings (SSSR count). The number of unbranched alkanes of at least 4 members (excludes halogenated alkanes) is 21. The van der Waals surface area contributed by atoms with Crippen LogP contribution >= 0.6 is 0 Å². The molecule has 0 aliphatic rings. The van der Waals surface area contributed by atoms with Crippen LogP contribution in [0.1, 0.15) is 213 Å². The lowest BCUT2D eigenvalue weighted by atomic mass is 10.0. The molecular formula is C49H87NO5S. The van der Waals surface area contributed by atoms with Gasteiger partial charge in [-0.05, 0) is 64.2 Å². The fourth-order valence-electron chi connectivity index (χ4n) is 6.75. The predicted molar refractivity (Wildman–Crippen MR) is 244 cm³/mol. The van der Waals surface area contributed by atoms with Crippen LogP contribution in [0, 0.1) is 0 Å². The van der Waals surface area contributed by atoms with E-state index in [1.807, 2.05) is 0 Å². The molecule has 2 unspecified atom stereocenters. The maximum Gasteiger partial charge on any atom is 0.266 e. The van der Waals surface area contributed by atoms with E-state index in [0.29, 0.717) is 12.8 Å². The largest absolute Gasteiger partial charge is 0.391 e. The first-order valence-corrected chi connectivity index (χ1v) is 24.7. The van der Waals surface area contributed by atoms with E-state index in [2.05, 4.69) is 92.1 Å². The average Bonchev–Trinajstić information content (AvgIpc) is 3.16. The van der Waals surface area contributed by atoms with Gasteiger partial charge in [-0.1, -0.05) is 215 Å². The summed E-state index contributed by atoms with van der Waals surface area (Å²) >= 11 is 0. The number of carbonyl (C=O) groups is 1. The lowest BCUT2D eigenvalue weighted by Crippen LogP contribution is -2.47. The van der Waals surface area contributed by atoms with E-state index < -0.39 is 28.0 Å². The van der Waals surface area contributed by atoms with Gasteiger partial charge in [-0.3, -0.25) is 9.35 Å². The molecule has 0 fully saturated rings. The fourth-order valence-corrected chi connectivity index (χ4v) is 7.51. The van der Waals surface area contributed by atoms with Crippen LogP contribution in [0.4, 0.5) is 0 Å². The zero-order valence-corrected chi connectivity index (χ0v) is 37.1. The molecule has 56 heavy (non-hydrogen) atoms. The quantitative estimate of drug-likeness (QED) is 0.0324. The minimum atomic E-state index is -4.33. The lowest BCUT2D eigenvalue weighted by molar-refractivity contribution is -0.122. The zero-order chi connectivity index (χ0) is 41.1. The van der Waals surface area contributed by atoms with Crippen molar-refractivity contribution in [2.45, 2.75) is 225 Å². The monoisotopic (exact) mass is 802 g/mol. The maximum atomic E-state index is 12.6. The Morgan fingerprint density at radius 2 is 0.857 bits per heavy atom. The van der Waals surface area contributed by atoms with Gasteiger partial charge in [0, 0.05) is 6.42 Å². The number of carbonyl (C=O) groups excluding carboxylic acids is 1. The molecule has 0 saturated carbocycles. The second-order valence-corrected chi connectivity index (χ2v) is 17.2. The van der Waals surface area contributed by atoms with Crippen LogP contribution in [0.25, 0.3) is 0 Å². The van der Waals surface area contributed by atoms with Gasteiger partial charge < -0.3 is 10.4 Å². The smallest absolute Gasteiger partial charge is 0.266 e. The van der Waals surface area contributed by atoms with Crippen molar-refractivity contribution in [3.63, 3.8) is 0 Å². The normalized spacial score (nSPS) is 13.9. The highest BCUT2D eigenvalue weighted by atomic mass is 32.2. The van der Waals surface area contributed by atoms with Gasteiger partial charge in [-0.15, -0.1) is 0 Å². The molecule has 0 aromatic carbocycles. The Hall–Kier alpha value is -2.22. The summed E-state index contributed by atoms with van der Waals surface area (Å²) in [6.45, 7) is 4.42. The minimum absolute atomic E-state index is 0.271. The van der Waals surface area contributed by atoms with Gasteiger partial charge >= 0.3 is 0 Å². The van der Waals surface area contributed by atoms with Gasteiger partial charge in [0.1, 0.15) is 0 Å². The summed E-state index contributed by atoms with van der Waals surface area (Å²) in [5.41, 5.74) is 0. The van der Waals surface area contributed by atoms with Crippen molar-refractivity contribution in [1.82, 2.24) is 5.32 Å². The molecule has 1 amide bonds. The molecule has 0 aromatic rings. The van der Waals surface area contributed by atoms with Crippen LogP contribution in [-0.2, 0) is 14.9 Å². The SMILES string of the molecule is CC/C=C\C/C=C\C/C=C\C/C=C\C/C=C\C/C=C\CCCCCCC(=O)NC(CS(=O)(=O)O)C(O)CCCCCCCCCCCCCCCCCCCC. The highest BCUT2D eigenvalue weighted by Crippen LogP contribution is 2.16. The summed E-state index contributed by atoms with van der Waals surface area (Å²) in [5, 5.41) is 13.4. The molecule has 0 aliphatic carbocycles. The van der Waals surface area contributed by atoms with Crippen molar-refractivity contribution in [1.29, 1.82) is 0 Å². The second kappa shape index (κ2) is 42.4. The van der Waals surface area contributed by atoms with Gasteiger partial charge in [-0.25, -0.2) is 0 Å². The van der Waals surface area contributed by atoms with Crippen LogP contribution in [-0.4, -0.2) is 41.9 Å². The fraction of sp³-hybridized carbons (Fsp3) is 0.735. The van der Waals surface area contributed by atoms with Gasteiger partial charge in [0.15, 0.2) is 0 Å². The van der Waals surface area contributed by atoms with Gasteiger partial charge in [0.05, 0.1) is 17.9 Å². The summed E-state index contributed by atoms with van der Waals surface area (Å²) < 4.78 is 32.7. The molecule has 0 aliphatic heterocycles. The standard InChI is InChI=1S/C49H87NO5S/c1-3-5-7-9-11-13-15-17-19-21-23-24-25-26-27-29-31-33-35-37-39-41-43-45-49(52)50-47(46-56(53,54)55)48(51)44-42-40-38-36-34-32-30-28-22-20-18-16-14-12-10-8-6-4-2/h5,7,11,13,17,19,23-24,26-27,31,33,47-48,51H,3-4,6,8-10,12,14-16,18,20-22,25,28-30,32,34-46H2,1-2H3,(H,50,52)(H,53,54,55)/b7-5-,13-11-,19-17-,24-23-,27-26-,33-31-. The molecule has 7 heteroatoms. The van der Waals surface area contributed by atoms with Crippen molar-refractivity contribution in [3.05, 3.63) is 72.9 Å². The van der Waals surface area contributed by atoms with E-state index in [0.717, 1.165) is 83.5 Å². The van der Waals surface area contributed by atoms with Crippen molar-refractivity contribution < 1.29 is 22.9 Å². The number of amides is 1. The first kappa shape index (κ1) is 53.8. The average molecular weight is 802 g/mol. The van der Waals surface area contributed by atoms with Crippen LogP contribution in [0.2, 0.25) is 0 Å². The second-order valence-electron chi connectivity index (χ2n) is 15.7. The molecular weight excluding hydrogens is 715 g/mol. The minimum Gasteiger partial charge on any atom is -0.391 e. The third-order valence-electron chi connectivity index (χ3n) is 10.2.